The summed E-state index contributed by atoms with van der Waals surface area (Å²) in [6.07, 6.45) is 1.83. The zero-order chi connectivity index (χ0) is 20.9. The van der Waals surface area contributed by atoms with Gasteiger partial charge in [-0.3, -0.25) is 9.69 Å². The van der Waals surface area contributed by atoms with Crippen molar-refractivity contribution in [3.05, 3.63) is 106 Å². The molecular formula is C24H18FNO2S2. The second-order valence-electron chi connectivity index (χ2n) is 6.74. The van der Waals surface area contributed by atoms with Crippen LogP contribution in [0.2, 0.25) is 0 Å². The van der Waals surface area contributed by atoms with E-state index in [2.05, 4.69) is 0 Å². The van der Waals surface area contributed by atoms with E-state index in [1.54, 1.807) is 17.0 Å². The summed E-state index contributed by atoms with van der Waals surface area (Å²) in [4.78, 5) is 15.0. The first-order valence-electron chi connectivity index (χ1n) is 9.35. The van der Waals surface area contributed by atoms with Crippen molar-refractivity contribution in [2.45, 2.75) is 13.2 Å². The fraction of sp³-hybridized carbons (Fsp3) is 0.0833. The molecule has 0 N–H and O–H groups in total. The van der Waals surface area contributed by atoms with Crippen LogP contribution in [0.15, 0.2) is 83.8 Å². The highest BCUT2D eigenvalue weighted by Crippen LogP contribution is 2.34. The Morgan fingerprint density at radius 3 is 2.50 bits per heavy atom. The molecule has 0 aromatic heterocycles. The highest BCUT2D eigenvalue weighted by molar-refractivity contribution is 8.26. The Bertz CT molecular complexity index is 1100. The SMILES string of the molecule is O=C1C(=Cc2cccc(OCc3ccc(F)cc3)c2)SC(=S)N1Cc1ccccc1. The first-order chi connectivity index (χ1) is 14.6. The molecule has 0 bridgehead atoms. The van der Waals surface area contributed by atoms with Gasteiger partial charge in [-0.15, -0.1) is 0 Å². The first-order valence-corrected chi connectivity index (χ1v) is 10.6. The Labute approximate surface area is 184 Å². The minimum atomic E-state index is -0.273. The van der Waals surface area contributed by atoms with Crippen molar-refractivity contribution < 1.29 is 13.9 Å². The Hall–Kier alpha value is -2.96. The molecule has 0 unspecified atom stereocenters. The van der Waals surface area contributed by atoms with Crippen LogP contribution in [0, 0.1) is 5.82 Å². The van der Waals surface area contributed by atoms with Crippen molar-refractivity contribution in [1.29, 1.82) is 0 Å². The molecule has 0 radical (unpaired) electrons. The topological polar surface area (TPSA) is 29.5 Å². The lowest BCUT2D eigenvalue weighted by Gasteiger charge is -2.14. The fourth-order valence-electron chi connectivity index (χ4n) is 3.00. The van der Waals surface area contributed by atoms with Crippen LogP contribution >= 0.6 is 24.0 Å². The lowest BCUT2D eigenvalue weighted by molar-refractivity contribution is -0.122. The third kappa shape index (κ3) is 4.96. The highest BCUT2D eigenvalue weighted by Gasteiger charge is 2.31. The van der Waals surface area contributed by atoms with E-state index in [0.29, 0.717) is 28.1 Å². The summed E-state index contributed by atoms with van der Waals surface area (Å²) in [6.45, 7) is 0.798. The lowest BCUT2D eigenvalue weighted by Crippen LogP contribution is -2.27. The number of carbonyl (C=O) groups excluding carboxylic acids is 1. The summed E-state index contributed by atoms with van der Waals surface area (Å²) in [5.41, 5.74) is 2.77. The molecule has 0 aliphatic carbocycles. The second kappa shape index (κ2) is 9.24. The van der Waals surface area contributed by atoms with Gasteiger partial charge in [-0.25, -0.2) is 4.39 Å². The number of carbonyl (C=O) groups is 1. The third-order valence-electron chi connectivity index (χ3n) is 4.53. The van der Waals surface area contributed by atoms with Crippen LogP contribution in [0.5, 0.6) is 5.75 Å². The minimum Gasteiger partial charge on any atom is -0.489 e. The van der Waals surface area contributed by atoms with Crippen molar-refractivity contribution in [3.8, 4) is 5.75 Å². The summed E-state index contributed by atoms with van der Waals surface area (Å²) in [7, 11) is 0. The fourth-order valence-corrected chi connectivity index (χ4v) is 4.25. The van der Waals surface area contributed by atoms with E-state index in [-0.39, 0.29) is 11.7 Å². The summed E-state index contributed by atoms with van der Waals surface area (Å²) in [5.74, 6) is 0.310. The summed E-state index contributed by atoms with van der Waals surface area (Å²) < 4.78 is 19.4. The van der Waals surface area contributed by atoms with Crippen molar-refractivity contribution in [2.75, 3.05) is 0 Å². The van der Waals surface area contributed by atoms with Gasteiger partial charge >= 0.3 is 0 Å². The van der Waals surface area contributed by atoms with Crippen molar-refractivity contribution >= 4 is 40.3 Å². The van der Waals surface area contributed by atoms with Gasteiger partial charge in [0.15, 0.2) is 0 Å². The number of nitrogens with zero attached hydrogens (tertiary/aromatic N) is 1. The molecule has 1 saturated heterocycles. The zero-order valence-electron chi connectivity index (χ0n) is 16.0. The molecule has 0 saturated carbocycles. The number of ether oxygens (including phenoxy) is 1. The van der Waals surface area contributed by atoms with E-state index in [1.807, 2.05) is 60.7 Å². The maximum atomic E-state index is 13.0. The van der Waals surface area contributed by atoms with E-state index in [4.69, 9.17) is 17.0 Å². The van der Waals surface area contributed by atoms with Crippen molar-refractivity contribution in [3.63, 3.8) is 0 Å². The summed E-state index contributed by atoms with van der Waals surface area (Å²) in [6, 6.07) is 23.5. The standard InChI is InChI=1S/C24H18FNO2S2/c25-20-11-9-18(10-12-20)16-28-21-8-4-7-19(13-21)14-22-23(27)26(24(29)30-22)15-17-5-2-1-3-6-17/h1-14H,15-16H2. The van der Waals surface area contributed by atoms with E-state index < -0.39 is 0 Å². The Morgan fingerprint density at radius 2 is 1.73 bits per heavy atom. The molecule has 150 valence electrons. The van der Waals surface area contributed by atoms with Gasteiger partial charge in [-0.2, -0.15) is 0 Å². The van der Waals surface area contributed by atoms with E-state index in [9.17, 15) is 9.18 Å². The molecule has 1 fully saturated rings. The van der Waals surface area contributed by atoms with Crippen LogP contribution in [0.3, 0.4) is 0 Å². The Balaban J connectivity index is 1.45. The predicted molar refractivity (Wildman–Crippen MR) is 122 cm³/mol. The van der Waals surface area contributed by atoms with Crippen LogP contribution in [-0.4, -0.2) is 15.1 Å². The largest absolute Gasteiger partial charge is 0.489 e. The first kappa shape index (κ1) is 20.3. The number of rotatable bonds is 6. The van der Waals surface area contributed by atoms with Crippen molar-refractivity contribution in [2.24, 2.45) is 0 Å². The maximum absolute atomic E-state index is 13.0. The minimum absolute atomic E-state index is 0.0912. The number of amides is 1. The molecule has 4 rings (SSSR count). The summed E-state index contributed by atoms with van der Waals surface area (Å²) >= 11 is 6.72. The average molecular weight is 436 g/mol. The number of thiocarbonyl (C=S) groups is 1. The van der Waals surface area contributed by atoms with Crippen LogP contribution < -0.4 is 4.74 Å². The van der Waals surface area contributed by atoms with Gasteiger partial charge in [-0.05, 0) is 47.0 Å². The van der Waals surface area contributed by atoms with Gasteiger partial charge in [0.1, 0.15) is 22.5 Å². The van der Waals surface area contributed by atoms with Gasteiger partial charge in [0, 0.05) is 0 Å². The number of halogens is 1. The molecule has 30 heavy (non-hydrogen) atoms. The normalized spacial score (nSPS) is 15.1. The lowest BCUT2D eigenvalue weighted by atomic mass is 10.2. The molecular weight excluding hydrogens is 417 g/mol. The monoisotopic (exact) mass is 435 g/mol. The molecule has 3 nitrogen and oxygen atoms in total. The number of benzene rings is 3. The summed E-state index contributed by atoms with van der Waals surface area (Å²) in [5, 5.41) is 0. The molecule has 6 heteroatoms. The van der Waals surface area contributed by atoms with Gasteiger partial charge < -0.3 is 4.74 Å². The van der Waals surface area contributed by atoms with Crippen LogP contribution in [0.4, 0.5) is 4.39 Å². The average Bonchev–Trinajstić information content (AvgIpc) is 3.02. The van der Waals surface area contributed by atoms with E-state index in [0.717, 1.165) is 16.7 Å². The number of thioether (sulfide) groups is 1. The van der Waals surface area contributed by atoms with E-state index >= 15 is 0 Å². The molecule has 1 amide bonds. The molecule has 1 aliphatic rings. The third-order valence-corrected chi connectivity index (χ3v) is 5.91. The maximum Gasteiger partial charge on any atom is 0.266 e. The van der Waals surface area contributed by atoms with E-state index in [1.165, 1.54) is 23.9 Å². The van der Waals surface area contributed by atoms with Crippen LogP contribution in [-0.2, 0) is 17.9 Å². The number of hydrogen-bond donors (Lipinski definition) is 0. The molecule has 3 aromatic carbocycles. The van der Waals surface area contributed by atoms with Crippen LogP contribution in [0.25, 0.3) is 6.08 Å². The quantitative estimate of drug-likeness (QED) is 0.361. The van der Waals surface area contributed by atoms with Gasteiger partial charge in [0.2, 0.25) is 0 Å². The molecule has 0 atom stereocenters. The van der Waals surface area contributed by atoms with Crippen LogP contribution in [0.1, 0.15) is 16.7 Å². The van der Waals surface area contributed by atoms with Crippen molar-refractivity contribution in [1.82, 2.24) is 4.90 Å². The second-order valence-corrected chi connectivity index (χ2v) is 8.42. The Morgan fingerprint density at radius 1 is 0.967 bits per heavy atom. The highest BCUT2D eigenvalue weighted by atomic mass is 32.2. The molecule has 1 aliphatic heterocycles. The molecule has 3 aromatic rings. The zero-order valence-corrected chi connectivity index (χ0v) is 17.6. The smallest absolute Gasteiger partial charge is 0.266 e. The van der Waals surface area contributed by atoms with Gasteiger partial charge in [0.05, 0.1) is 11.4 Å². The molecule has 0 spiro atoms. The Kier molecular flexibility index (Phi) is 6.26. The predicted octanol–water partition coefficient (Wildman–Crippen LogP) is 5.81. The molecule has 1 heterocycles. The number of hydrogen-bond acceptors (Lipinski definition) is 4. The van der Waals surface area contributed by atoms with Gasteiger partial charge in [-0.1, -0.05) is 78.6 Å². The van der Waals surface area contributed by atoms with Gasteiger partial charge in [0.25, 0.3) is 5.91 Å².